The average molecular weight is 470 g/mol. The van der Waals surface area contributed by atoms with Crippen LogP contribution in [0.5, 0.6) is 0 Å². The fraction of sp³-hybridized carbons (Fsp3) is 0.867. The Morgan fingerprint density at radius 1 is 1.19 bits per heavy atom. The van der Waals surface area contributed by atoms with Gasteiger partial charge in [0.15, 0.2) is 8.32 Å². The normalized spacial score (nSPS) is 57.0. The van der Waals surface area contributed by atoms with Crippen LogP contribution in [0.15, 0.2) is 22.8 Å². The lowest BCUT2D eigenvalue weighted by Gasteiger charge is -2.54. The maximum absolute atomic E-state index is 9.84. The summed E-state index contributed by atoms with van der Waals surface area (Å²) in [5.74, 6) is -5.20. The van der Waals surface area contributed by atoms with Gasteiger partial charge in [0.05, 0.1) is 1.37 Å². The van der Waals surface area contributed by atoms with Crippen molar-refractivity contribution >= 4 is 8.32 Å². The molecule has 182 valence electrons. The summed E-state index contributed by atoms with van der Waals surface area (Å²) in [6.07, 6.45) is -13.6. The Labute approximate surface area is 219 Å². The maximum atomic E-state index is 9.84. The Balaban J connectivity index is 2.09. The Morgan fingerprint density at radius 3 is 2.62 bits per heavy atom. The van der Waals surface area contributed by atoms with Crippen LogP contribution < -0.4 is 0 Å². The van der Waals surface area contributed by atoms with E-state index in [1.54, 1.807) is 6.92 Å². The van der Waals surface area contributed by atoms with E-state index in [0.29, 0.717) is 25.2 Å². The number of hydrogen-bond acceptors (Lipinski definition) is 1. The largest absolute Gasteiger partial charge is 0.415 e. The quantitative estimate of drug-likeness (QED) is 0.337. The monoisotopic (exact) mass is 469 g/mol. The second-order valence-electron chi connectivity index (χ2n) is 12.0. The smallest absolute Gasteiger partial charge is 0.184 e. The van der Waals surface area contributed by atoms with Crippen LogP contribution in [0.25, 0.3) is 0 Å². The van der Waals surface area contributed by atoms with Gasteiger partial charge >= 0.3 is 0 Å². The molecule has 2 heteroatoms. The highest BCUT2D eigenvalue weighted by Crippen LogP contribution is 2.64. The van der Waals surface area contributed by atoms with Gasteiger partial charge in [0.25, 0.3) is 0 Å². The first-order chi connectivity index (χ1) is 19.9. The van der Waals surface area contributed by atoms with Crippen LogP contribution in [0.2, 0.25) is 19.6 Å². The van der Waals surface area contributed by atoms with Gasteiger partial charge in [0, 0.05) is 22.6 Å². The summed E-state index contributed by atoms with van der Waals surface area (Å²) in [5, 5.41) is 0. The SMILES string of the molecule is [2H]C1=C2C3=C(C([2H])([2H])C([2H])([2H])[C@]2(C)[C@@]([2H])([C@H](C)CCCC(C)C)C1([2H])[2H])[C@@]1(C)CC[C@H](O[Si](C)(C)C)C[C@]1([2H])C([2H])([2H])C3([2H])[2H]. The van der Waals surface area contributed by atoms with E-state index in [4.69, 9.17) is 4.43 Å². The molecule has 1 nitrogen and oxygen atoms in total. The van der Waals surface area contributed by atoms with Gasteiger partial charge in [-0.05, 0) is 116 Å². The molecule has 0 aromatic carbocycles. The van der Waals surface area contributed by atoms with Crippen LogP contribution in [-0.4, -0.2) is 14.4 Å². The van der Waals surface area contributed by atoms with Crippen molar-refractivity contribution in [2.75, 3.05) is 0 Å². The first-order valence-corrected chi connectivity index (χ1v) is 16.0. The number of rotatable bonds is 7. The maximum Gasteiger partial charge on any atom is 0.184 e. The molecule has 4 aliphatic carbocycles. The standard InChI is InChI=1S/C30H52OSi/c1-21(2)10-9-11-22(3)26-14-15-27-25-13-12-23-20-24(31-32(6,7)8)16-18-29(23,4)28(25)17-19-30(26,27)5/h15,21-24,26H,9-14,16-20H2,1-8H3/t22-,23+,24+,26-,29+,30-/m1/s1/i12D2,13D2,14D2,15D,17D2,19D2,23D,26D. The molecule has 0 bridgehead atoms. The van der Waals surface area contributed by atoms with E-state index in [9.17, 15) is 17.8 Å². The molecule has 0 heterocycles. The fourth-order valence-electron chi connectivity index (χ4n) is 5.82. The van der Waals surface area contributed by atoms with Gasteiger partial charge in [0.1, 0.15) is 0 Å². The zero-order valence-electron chi connectivity index (χ0n) is 34.4. The van der Waals surface area contributed by atoms with Crippen molar-refractivity contribution in [1.29, 1.82) is 0 Å². The molecule has 0 aromatic heterocycles. The molecule has 1 saturated carbocycles. The summed E-state index contributed by atoms with van der Waals surface area (Å²) in [7, 11) is -2.16. The summed E-state index contributed by atoms with van der Waals surface area (Å²) in [6, 6.07) is -0.793. The van der Waals surface area contributed by atoms with Gasteiger partial charge in [0.2, 0.25) is 0 Å². The van der Waals surface area contributed by atoms with E-state index in [1.165, 1.54) is 13.8 Å². The molecule has 0 unspecified atom stereocenters. The van der Waals surface area contributed by atoms with Crippen molar-refractivity contribution in [2.45, 2.75) is 131 Å². The van der Waals surface area contributed by atoms with E-state index in [1.807, 2.05) is 33.5 Å². The van der Waals surface area contributed by atoms with Gasteiger partial charge < -0.3 is 4.43 Å². The van der Waals surface area contributed by atoms with E-state index in [2.05, 4.69) is 0 Å². The third-order valence-corrected chi connectivity index (χ3v) is 8.72. The highest BCUT2D eigenvalue weighted by Gasteiger charge is 2.53. The molecule has 0 aromatic rings. The third kappa shape index (κ3) is 4.61. The van der Waals surface area contributed by atoms with E-state index >= 15 is 0 Å². The molecule has 4 aliphatic rings. The van der Waals surface area contributed by atoms with Crippen LogP contribution in [0.4, 0.5) is 0 Å². The fourth-order valence-corrected chi connectivity index (χ4v) is 7.02. The summed E-state index contributed by atoms with van der Waals surface area (Å²) in [5.41, 5.74) is -5.47. The van der Waals surface area contributed by atoms with Crippen LogP contribution >= 0.6 is 0 Å². The molecule has 1 fully saturated rings. The number of allylic oxidation sites excluding steroid dienone is 4. The predicted molar refractivity (Wildman–Crippen MR) is 141 cm³/mol. The minimum absolute atomic E-state index is 0.0253. The van der Waals surface area contributed by atoms with Gasteiger partial charge in [-0.2, -0.15) is 0 Å². The lowest BCUT2D eigenvalue weighted by atomic mass is 9.51. The number of fused-ring (bicyclic) bond motifs is 4. The zero-order valence-corrected chi connectivity index (χ0v) is 22.4. The topological polar surface area (TPSA) is 9.23 Å². The molecular weight excluding hydrogens is 404 g/mol. The van der Waals surface area contributed by atoms with Crippen molar-refractivity contribution in [2.24, 2.45) is 34.5 Å². The molecule has 32 heavy (non-hydrogen) atoms. The molecule has 4 rings (SSSR count). The first-order valence-electron chi connectivity index (χ1n) is 19.1. The molecular formula is C30H52OSi. The summed E-state index contributed by atoms with van der Waals surface area (Å²) in [6.45, 7) is 14.4. The highest BCUT2D eigenvalue weighted by atomic mass is 28.4. The Morgan fingerprint density at radius 2 is 1.94 bits per heavy atom. The summed E-state index contributed by atoms with van der Waals surface area (Å²) in [4.78, 5) is 0. The van der Waals surface area contributed by atoms with E-state index < -0.39 is 97.6 Å². The van der Waals surface area contributed by atoms with Crippen molar-refractivity contribution in [3.8, 4) is 0 Å². The minimum atomic E-state index is -3.11. The van der Waals surface area contributed by atoms with E-state index in [-0.39, 0.29) is 12.8 Å². The molecule has 0 N–H and O–H groups in total. The first kappa shape index (κ1) is 13.1. The summed E-state index contributed by atoms with van der Waals surface area (Å²) >= 11 is 0. The van der Waals surface area contributed by atoms with Crippen LogP contribution in [0.3, 0.4) is 0 Å². The van der Waals surface area contributed by atoms with Gasteiger partial charge in [-0.15, -0.1) is 0 Å². The zero-order chi connectivity index (χ0) is 35.0. The van der Waals surface area contributed by atoms with Gasteiger partial charge in [-0.25, -0.2) is 0 Å². The van der Waals surface area contributed by atoms with Gasteiger partial charge in [-0.3, -0.25) is 0 Å². The lowest BCUT2D eigenvalue weighted by Crippen LogP contribution is -2.46. The predicted octanol–water partition coefficient (Wildman–Crippen LogP) is 9.31. The van der Waals surface area contributed by atoms with E-state index in [0.717, 1.165) is 6.42 Å². The highest BCUT2D eigenvalue weighted by molar-refractivity contribution is 6.69. The lowest BCUT2D eigenvalue weighted by molar-refractivity contribution is 0.0316. The van der Waals surface area contributed by atoms with Crippen molar-refractivity contribution in [1.82, 2.24) is 0 Å². The number of hydrogen-bond donors (Lipinski definition) is 0. The molecule has 0 amide bonds. The van der Waals surface area contributed by atoms with Crippen molar-refractivity contribution in [3.63, 3.8) is 0 Å². The molecule has 0 aliphatic heterocycles. The average Bonchev–Trinajstić information content (AvgIpc) is 2.98. The van der Waals surface area contributed by atoms with Gasteiger partial charge in [-0.1, -0.05) is 65.5 Å². The van der Waals surface area contributed by atoms with Crippen molar-refractivity contribution < 1.29 is 22.2 Å². The van der Waals surface area contributed by atoms with Crippen LogP contribution in [-0.2, 0) is 4.43 Å². The molecule has 0 spiro atoms. The summed E-state index contributed by atoms with van der Waals surface area (Å²) < 4.78 is 129. The van der Waals surface area contributed by atoms with Crippen LogP contribution in [0.1, 0.15) is 123 Å². The van der Waals surface area contributed by atoms with Crippen molar-refractivity contribution in [3.05, 3.63) is 22.8 Å². The second kappa shape index (κ2) is 9.03. The molecule has 6 atom stereocenters. The molecule has 0 radical (unpaired) electrons. The Kier molecular flexibility index (Phi) is 3.69. The van der Waals surface area contributed by atoms with Crippen LogP contribution in [0, 0.1) is 34.5 Å². The molecule has 0 saturated heterocycles. The Bertz CT molecular complexity index is 1300. The Hall–Kier alpha value is -0.343. The second-order valence-corrected chi connectivity index (χ2v) is 16.5. The third-order valence-electron chi connectivity index (χ3n) is 7.68. The minimum Gasteiger partial charge on any atom is -0.415 e.